The topological polar surface area (TPSA) is 58.2 Å². The van der Waals surface area contributed by atoms with Crippen LogP contribution in [0.1, 0.15) is 29.8 Å². The molecule has 2 aromatic carbocycles. The van der Waals surface area contributed by atoms with E-state index in [1.54, 1.807) is 13.8 Å². The molecule has 0 fully saturated rings. The van der Waals surface area contributed by atoms with Gasteiger partial charge in [0, 0.05) is 5.69 Å². The van der Waals surface area contributed by atoms with Gasteiger partial charge >= 0.3 is 6.18 Å². The quantitative estimate of drug-likeness (QED) is 0.732. The fourth-order valence-corrected chi connectivity index (χ4v) is 2.46. The minimum absolute atomic E-state index is 0.128. The van der Waals surface area contributed by atoms with Gasteiger partial charge in [-0.2, -0.15) is 13.2 Å². The Kier molecular flexibility index (Phi) is 6.37. The zero-order valence-electron chi connectivity index (χ0n) is 14.9. The van der Waals surface area contributed by atoms with Crippen LogP contribution in [0.3, 0.4) is 0 Å². The van der Waals surface area contributed by atoms with Gasteiger partial charge in [-0.1, -0.05) is 26.0 Å². The molecule has 0 spiro atoms. The number of nitrogens with one attached hydrogen (secondary N) is 2. The molecule has 2 aromatic rings. The highest BCUT2D eigenvalue weighted by atomic mass is 19.4. The number of carbonyl (C=O) groups excluding carboxylic acids is 2. The van der Waals surface area contributed by atoms with Crippen LogP contribution in [0, 0.1) is 17.6 Å². The molecule has 0 aromatic heterocycles. The van der Waals surface area contributed by atoms with Crippen LogP contribution in [0.2, 0.25) is 0 Å². The SMILES string of the molecule is CC(C)[C@H](NC(=O)c1c(F)cccc1F)C(=O)Nc1cccc(C(F)(F)F)c1. The Bertz CT molecular complexity index is 861. The lowest BCUT2D eigenvalue weighted by atomic mass is 10.0. The van der Waals surface area contributed by atoms with Crippen LogP contribution < -0.4 is 10.6 Å². The third kappa shape index (κ3) is 5.05. The molecular weight excluding hydrogens is 383 g/mol. The second kappa shape index (κ2) is 8.37. The Hall–Kier alpha value is -2.97. The zero-order valence-corrected chi connectivity index (χ0v) is 14.9. The molecule has 150 valence electrons. The van der Waals surface area contributed by atoms with Gasteiger partial charge in [-0.3, -0.25) is 9.59 Å². The second-order valence-corrected chi connectivity index (χ2v) is 6.36. The lowest BCUT2D eigenvalue weighted by Gasteiger charge is -2.22. The molecule has 0 heterocycles. The molecule has 2 amide bonds. The van der Waals surface area contributed by atoms with Crippen LogP contribution in [-0.2, 0) is 11.0 Å². The van der Waals surface area contributed by atoms with Gasteiger partial charge in [0.05, 0.1) is 5.56 Å². The average molecular weight is 400 g/mol. The van der Waals surface area contributed by atoms with Crippen LogP contribution >= 0.6 is 0 Å². The van der Waals surface area contributed by atoms with Gasteiger partial charge in [0.25, 0.3) is 5.91 Å². The first-order valence-electron chi connectivity index (χ1n) is 8.23. The van der Waals surface area contributed by atoms with Crippen LogP contribution in [0.15, 0.2) is 42.5 Å². The van der Waals surface area contributed by atoms with Gasteiger partial charge in [0.2, 0.25) is 5.91 Å². The fourth-order valence-electron chi connectivity index (χ4n) is 2.46. The standard InChI is InChI=1S/C19H17F5N2O2/c1-10(2)16(26-17(27)15-13(20)7-4-8-14(15)21)18(28)25-12-6-3-5-11(9-12)19(22,23)24/h3-10,16H,1-2H3,(H,25,28)(H,26,27)/t16-/m0/s1. The van der Waals surface area contributed by atoms with Crippen LogP contribution in [0.4, 0.5) is 27.6 Å². The molecule has 0 bridgehead atoms. The van der Waals surface area contributed by atoms with E-state index in [4.69, 9.17) is 0 Å². The highest BCUT2D eigenvalue weighted by molar-refractivity contribution is 6.01. The molecule has 0 radical (unpaired) electrons. The van der Waals surface area contributed by atoms with Crippen LogP contribution in [0.5, 0.6) is 0 Å². The normalized spacial score (nSPS) is 12.6. The summed E-state index contributed by atoms with van der Waals surface area (Å²) >= 11 is 0. The van der Waals surface area contributed by atoms with E-state index >= 15 is 0 Å². The smallest absolute Gasteiger partial charge is 0.340 e. The fraction of sp³-hybridized carbons (Fsp3) is 0.263. The molecule has 4 nitrogen and oxygen atoms in total. The van der Waals surface area contributed by atoms with Gasteiger partial charge in [-0.15, -0.1) is 0 Å². The molecule has 0 aliphatic carbocycles. The molecule has 28 heavy (non-hydrogen) atoms. The van der Waals surface area contributed by atoms with Crippen molar-refractivity contribution in [3.05, 3.63) is 65.2 Å². The maximum atomic E-state index is 13.7. The van der Waals surface area contributed by atoms with Crippen molar-refractivity contribution in [3.63, 3.8) is 0 Å². The molecule has 1 atom stereocenters. The van der Waals surface area contributed by atoms with E-state index in [9.17, 15) is 31.5 Å². The number of alkyl halides is 3. The molecule has 0 aliphatic heterocycles. The minimum Gasteiger partial charge on any atom is -0.340 e. The first-order valence-corrected chi connectivity index (χ1v) is 8.23. The summed E-state index contributed by atoms with van der Waals surface area (Å²) in [6, 6.07) is 5.60. The Balaban J connectivity index is 2.20. The van der Waals surface area contributed by atoms with E-state index in [1.165, 1.54) is 6.07 Å². The van der Waals surface area contributed by atoms with Gasteiger partial charge in [0.15, 0.2) is 0 Å². The van der Waals surface area contributed by atoms with Crippen molar-refractivity contribution >= 4 is 17.5 Å². The van der Waals surface area contributed by atoms with Crippen LogP contribution in [-0.4, -0.2) is 17.9 Å². The summed E-state index contributed by atoms with van der Waals surface area (Å²) in [5.41, 5.74) is -1.93. The number of amides is 2. The van der Waals surface area contributed by atoms with Gasteiger partial charge in [-0.25, -0.2) is 8.78 Å². The molecule has 9 heteroatoms. The van der Waals surface area contributed by atoms with E-state index in [2.05, 4.69) is 10.6 Å². The van der Waals surface area contributed by atoms with Crippen molar-refractivity contribution in [2.75, 3.05) is 5.32 Å². The van der Waals surface area contributed by atoms with Crippen molar-refractivity contribution in [3.8, 4) is 0 Å². The maximum Gasteiger partial charge on any atom is 0.416 e. The lowest BCUT2D eigenvalue weighted by molar-refractivity contribution is -0.137. The molecule has 0 saturated carbocycles. The third-order valence-corrected chi connectivity index (χ3v) is 3.88. The molecule has 0 unspecified atom stereocenters. The number of carbonyl (C=O) groups is 2. The predicted molar refractivity (Wildman–Crippen MR) is 92.5 cm³/mol. The summed E-state index contributed by atoms with van der Waals surface area (Å²) in [4.78, 5) is 24.7. The number of anilines is 1. The summed E-state index contributed by atoms with van der Waals surface area (Å²) in [5, 5.41) is 4.51. The largest absolute Gasteiger partial charge is 0.416 e. The van der Waals surface area contributed by atoms with E-state index in [0.29, 0.717) is 0 Å². The summed E-state index contributed by atoms with van der Waals surface area (Å²) < 4.78 is 65.9. The number of benzene rings is 2. The Morgan fingerprint density at radius 1 is 0.964 bits per heavy atom. The summed E-state index contributed by atoms with van der Waals surface area (Å²) in [5.74, 6) is -4.67. The number of rotatable bonds is 5. The first kappa shape index (κ1) is 21.3. The maximum absolute atomic E-state index is 13.7. The van der Waals surface area contributed by atoms with Crippen molar-refractivity contribution in [1.82, 2.24) is 5.32 Å². The van der Waals surface area contributed by atoms with E-state index in [-0.39, 0.29) is 5.69 Å². The number of hydrogen-bond acceptors (Lipinski definition) is 2. The summed E-state index contributed by atoms with van der Waals surface area (Å²) in [7, 11) is 0. The summed E-state index contributed by atoms with van der Waals surface area (Å²) in [6.45, 7) is 3.13. The third-order valence-electron chi connectivity index (χ3n) is 3.88. The van der Waals surface area contributed by atoms with Crippen molar-refractivity contribution < 1.29 is 31.5 Å². The van der Waals surface area contributed by atoms with Crippen molar-refractivity contribution in [1.29, 1.82) is 0 Å². The highest BCUT2D eigenvalue weighted by Gasteiger charge is 2.31. The Morgan fingerprint density at radius 2 is 1.54 bits per heavy atom. The zero-order chi connectivity index (χ0) is 21.1. The van der Waals surface area contributed by atoms with Crippen LogP contribution in [0.25, 0.3) is 0 Å². The Morgan fingerprint density at radius 3 is 2.07 bits per heavy atom. The molecule has 2 N–H and O–H groups in total. The number of hydrogen-bond donors (Lipinski definition) is 2. The van der Waals surface area contributed by atoms with E-state index in [0.717, 1.165) is 36.4 Å². The van der Waals surface area contributed by atoms with E-state index < -0.39 is 52.7 Å². The monoisotopic (exact) mass is 400 g/mol. The average Bonchev–Trinajstić information content (AvgIpc) is 2.58. The minimum atomic E-state index is -4.59. The second-order valence-electron chi connectivity index (χ2n) is 6.36. The molecule has 2 rings (SSSR count). The summed E-state index contributed by atoms with van der Waals surface area (Å²) in [6.07, 6.45) is -4.59. The molecular formula is C19H17F5N2O2. The molecule has 0 aliphatic rings. The van der Waals surface area contributed by atoms with Crippen molar-refractivity contribution in [2.24, 2.45) is 5.92 Å². The molecule has 0 saturated heterocycles. The lowest BCUT2D eigenvalue weighted by Crippen LogP contribution is -2.47. The van der Waals surface area contributed by atoms with Gasteiger partial charge < -0.3 is 10.6 Å². The van der Waals surface area contributed by atoms with Gasteiger partial charge in [-0.05, 0) is 36.2 Å². The Labute approximate surface area is 157 Å². The van der Waals surface area contributed by atoms with Crippen molar-refractivity contribution in [2.45, 2.75) is 26.1 Å². The number of halogens is 5. The predicted octanol–water partition coefficient (Wildman–Crippen LogP) is 4.38. The highest BCUT2D eigenvalue weighted by Crippen LogP contribution is 2.30. The van der Waals surface area contributed by atoms with E-state index in [1.807, 2.05) is 0 Å². The van der Waals surface area contributed by atoms with Gasteiger partial charge in [0.1, 0.15) is 23.2 Å². The first-order chi connectivity index (χ1) is 13.0.